The van der Waals surface area contributed by atoms with Gasteiger partial charge in [-0.05, 0) is 12.5 Å². The predicted octanol–water partition coefficient (Wildman–Crippen LogP) is 1.33. The van der Waals surface area contributed by atoms with Crippen LogP contribution in [0.5, 0.6) is 0 Å². The van der Waals surface area contributed by atoms with E-state index in [9.17, 15) is 8.42 Å². The number of hydrogen-bond donors (Lipinski definition) is 0. The third-order valence-electron chi connectivity index (χ3n) is 1.67. The van der Waals surface area contributed by atoms with Crippen molar-refractivity contribution in [3.05, 3.63) is 23.8 Å². The minimum Gasteiger partial charge on any atom is -0.184 e. The van der Waals surface area contributed by atoms with Gasteiger partial charge in [0.1, 0.15) is 0 Å². The van der Waals surface area contributed by atoms with Crippen molar-refractivity contribution in [2.24, 2.45) is 0 Å². The van der Waals surface area contributed by atoms with Gasteiger partial charge in [-0.3, -0.25) is 0 Å². The summed E-state index contributed by atoms with van der Waals surface area (Å²) in [6.07, 6.45) is 6.99. The van der Waals surface area contributed by atoms with Crippen molar-refractivity contribution >= 4 is 15.2 Å². The fourth-order valence-electron chi connectivity index (χ4n) is 0.954. The van der Waals surface area contributed by atoms with E-state index in [1.807, 2.05) is 12.2 Å². The van der Waals surface area contributed by atoms with Crippen molar-refractivity contribution in [3.8, 4) is 0 Å². The molecule has 1 aliphatic carbocycles. The predicted molar refractivity (Wildman–Crippen MR) is 46.1 cm³/mol. The van der Waals surface area contributed by atoms with E-state index in [-0.39, 0.29) is 0 Å². The van der Waals surface area contributed by atoms with Crippen LogP contribution in [0.2, 0.25) is 0 Å². The van der Waals surface area contributed by atoms with Gasteiger partial charge < -0.3 is 0 Å². The van der Waals surface area contributed by atoms with Crippen LogP contribution in [0.25, 0.3) is 0 Å². The first kappa shape index (κ1) is 8.27. The second-order valence-corrected chi connectivity index (χ2v) is 3.36. The Kier molecular flexibility index (Phi) is 2.65. The Morgan fingerprint density at radius 3 is 2.55 bits per heavy atom. The Hall–Kier alpha value is -0.830. The molecule has 0 unspecified atom stereocenters. The summed E-state index contributed by atoms with van der Waals surface area (Å²) in [6, 6.07) is 0. The largest absolute Gasteiger partial charge is 0.217 e. The minimum atomic E-state index is -2.03. The maximum atomic E-state index is 10.4. The van der Waals surface area contributed by atoms with Gasteiger partial charge in [-0.15, -0.1) is 0 Å². The molecule has 3 heteroatoms. The molecule has 0 spiro atoms. The molecule has 0 aromatic rings. The topological polar surface area (TPSA) is 34.1 Å². The molecule has 0 amide bonds. The van der Waals surface area contributed by atoms with Gasteiger partial charge in [-0.25, -0.2) is 0 Å². The molecule has 0 aromatic carbocycles. The highest BCUT2D eigenvalue weighted by molar-refractivity contribution is 7.73. The Morgan fingerprint density at radius 1 is 1.45 bits per heavy atom. The standard InChI is InChI=1S/C8H10O2S/c1-2-7-3-5-8(6-4-7)11(9)10/h3-5H,2,6H2,1H3. The van der Waals surface area contributed by atoms with Gasteiger partial charge in [-0.1, -0.05) is 24.6 Å². The van der Waals surface area contributed by atoms with Crippen LogP contribution >= 0.6 is 0 Å². The third kappa shape index (κ3) is 2.05. The molecule has 0 saturated heterocycles. The van der Waals surface area contributed by atoms with E-state index in [4.69, 9.17) is 0 Å². The van der Waals surface area contributed by atoms with Crippen molar-refractivity contribution in [3.63, 3.8) is 0 Å². The van der Waals surface area contributed by atoms with Gasteiger partial charge in [-0.2, -0.15) is 8.42 Å². The minimum absolute atomic E-state index is 0.474. The zero-order chi connectivity index (χ0) is 8.27. The van der Waals surface area contributed by atoms with Crippen molar-refractivity contribution in [2.45, 2.75) is 19.8 Å². The molecule has 0 bridgehead atoms. The first-order valence-electron chi connectivity index (χ1n) is 3.56. The van der Waals surface area contributed by atoms with Gasteiger partial charge in [0.25, 0.3) is 0 Å². The summed E-state index contributed by atoms with van der Waals surface area (Å²) in [6.45, 7) is 2.05. The summed E-state index contributed by atoms with van der Waals surface area (Å²) in [7, 11) is -2.03. The molecule has 0 heterocycles. The molecule has 0 saturated carbocycles. The van der Waals surface area contributed by atoms with Crippen molar-refractivity contribution < 1.29 is 8.42 Å². The van der Waals surface area contributed by atoms with Crippen molar-refractivity contribution in [2.75, 3.05) is 0 Å². The Balaban J connectivity index is 2.89. The molecule has 0 aromatic heterocycles. The molecule has 60 valence electrons. The zero-order valence-corrected chi connectivity index (χ0v) is 7.19. The monoisotopic (exact) mass is 170 g/mol. The van der Waals surface area contributed by atoms with Gasteiger partial charge in [0.15, 0.2) is 0 Å². The normalized spacial score (nSPS) is 16.5. The van der Waals surface area contributed by atoms with Crippen LogP contribution in [0.1, 0.15) is 19.8 Å². The van der Waals surface area contributed by atoms with Crippen LogP contribution in [0.3, 0.4) is 0 Å². The summed E-state index contributed by atoms with van der Waals surface area (Å²) in [5.74, 6) is 0. The summed E-state index contributed by atoms with van der Waals surface area (Å²) in [5, 5.41) is 0. The molecular weight excluding hydrogens is 160 g/mol. The lowest BCUT2D eigenvalue weighted by atomic mass is 10.1. The maximum Gasteiger partial charge on any atom is 0.217 e. The van der Waals surface area contributed by atoms with E-state index >= 15 is 0 Å². The fourth-order valence-corrected chi connectivity index (χ4v) is 1.35. The van der Waals surface area contributed by atoms with Gasteiger partial charge in [0.05, 0.1) is 4.86 Å². The van der Waals surface area contributed by atoms with Crippen molar-refractivity contribution in [1.82, 2.24) is 0 Å². The van der Waals surface area contributed by atoms with E-state index in [0.29, 0.717) is 11.3 Å². The van der Waals surface area contributed by atoms with Crippen LogP contribution in [-0.2, 0) is 10.3 Å². The number of rotatable bonds is 1. The molecule has 0 radical (unpaired) electrons. The lowest BCUT2D eigenvalue weighted by Gasteiger charge is -2.02. The third-order valence-corrected chi connectivity index (χ3v) is 2.40. The first-order valence-corrected chi connectivity index (χ1v) is 4.63. The average molecular weight is 170 g/mol. The quantitative estimate of drug-likeness (QED) is 0.556. The Morgan fingerprint density at radius 2 is 2.18 bits per heavy atom. The van der Waals surface area contributed by atoms with Crippen molar-refractivity contribution in [1.29, 1.82) is 0 Å². The number of allylic oxidation sites excluding steroid dienone is 4. The molecule has 2 nitrogen and oxygen atoms in total. The zero-order valence-electron chi connectivity index (χ0n) is 6.37. The molecule has 0 atom stereocenters. The smallest absolute Gasteiger partial charge is 0.184 e. The van der Waals surface area contributed by atoms with Crippen LogP contribution in [0, 0.1) is 0 Å². The van der Waals surface area contributed by atoms with E-state index in [1.165, 1.54) is 5.57 Å². The van der Waals surface area contributed by atoms with E-state index in [0.717, 1.165) is 6.42 Å². The first-order chi connectivity index (χ1) is 5.24. The van der Waals surface area contributed by atoms with E-state index in [1.54, 1.807) is 6.08 Å². The highest BCUT2D eigenvalue weighted by atomic mass is 32.2. The SMILES string of the molecule is CCC1=CCC(=S(=O)=O)C=C1. The molecule has 1 aliphatic rings. The molecule has 0 aliphatic heterocycles. The molecule has 0 fully saturated rings. The summed E-state index contributed by atoms with van der Waals surface area (Å²) in [4.78, 5) is 0.474. The summed E-state index contributed by atoms with van der Waals surface area (Å²) in [5.41, 5.74) is 1.21. The van der Waals surface area contributed by atoms with Crippen LogP contribution in [-0.4, -0.2) is 13.3 Å². The van der Waals surface area contributed by atoms with E-state index < -0.39 is 10.3 Å². The fraction of sp³-hybridized carbons (Fsp3) is 0.375. The van der Waals surface area contributed by atoms with Gasteiger partial charge >= 0.3 is 0 Å². The maximum absolute atomic E-state index is 10.4. The summed E-state index contributed by atoms with van der Waals surface area (Å²) < 4.78 is 20.9. The molecule has 0 N–H and O–H groups in total. The second kappa shape index (κ2) is 3.53. The molecule has 1 rings (SSSR count). The van der Waals surface area contributed by atoms with E-state index in [2.05, 4.69) is 6.92 Å². The highest BCUT2D eigenvalue weighted by Crippen LogP contribution is 2.10. The summed E-state index contributed by atoms with van der Waals surface area (Å²) >= 11 is 0. The molecular formula is C8H10O2S. The molecule has 11 heavy (non-hydrogen) atoms. The lowest BCUT2D eigenvalue weighted by molar-refractivity contribution is 0.627. The van der Waals surface area contributed by atoms with Crippen LogP contribution in [0.4, 0.5) is 0 Å². The average Bonchev–Trinajstić information content (AvgIpc) is 2.05. The second-order valence-electron chi connectivity index (χ2n) is 2.37. The van der Waals surface area contributed by atoms with Gasteiger partial charge in [0, 0.05) is 6.42 Å². The lowest BCUT2D eigenvalue weighted by Crippen LogP contribution is -1.98. The number of hydrogen-bond acceptors (Lipinski definition) is 2. The van der Waals surface area contributed by atoms with Crippen LogP contribution in [0.15, 0.2) is 23.8 Å². The van der Waals surface area contributed by atoms with Gasteiger partial charge in [0.2, 0.25) is 10.3 Å². The van der Waals surface area contributed by atoms with Crippen LogP contribution < -0.4 is 0 Å². The highest BCUT2D eigenvalue weighted by Gasteiger charge is 2.00. The Labute approximate surface area is 67.8 Å². The Bertz CT molecular complexity index is 323.